The molecule has 0 atom stereocenters. The van der Waals surface area contributed by atoms with E-state index >= 15 is 0 Å². The Balaban J connectivity index is 2.03. The van der Waals surface area contributed by atoms with Gasteiger partial charge in [0.05, 0.1) is 0 Å². The van der Waals surface area contributed by atoms with Gasteiger partial charge in [-0.2, -0.15) is 13.6 Å². The molecule has 0 unspecified atom stereocenters. The highest BCUT2D eigenvalue weighted by Crippen LogP contribution is 2.13. The fourth-order valence-corrected chi connectivity index (χ4v) is 3.31. The zero-order chi connectivity index (χ0) is 21.4. The van der Waals surface area contributed by atoms with Crippen molar-refractivity contribution in [3.63, 3.8) is 0 Å². The Labute approximate surface area is 176 Å². The van der Waals surface area contributed by atoms with E-state index in [9.17, 15) is 13.2 Å². The molecule has 7 heteroatoms. The zero-order valence-electron chi connectivity index (χ0n) is 17.6. The molecule has 1 aromatic rings. The molecule has 0 aromatic heterocycles. The first-order valence-corrected chi connectivity index (χ1v) is 12.1. The van der Waals surface area contributed by atoms with Crippen LogP contribution in [0.25, 0.3) is 0 Å². The molecule has 0 aliphatic carbocycles. The number of carbonyl (C=O) groups is 1. The quantitative estimate of drug-likeness (QED) is 0.303. The fourth-order valence-electron chi connectivity index (χ4n) is 2.93. The minimum atomic E-state index is -4.00. The molecule has 0 saturated carbocycles. The molecule has 1 aromatic carbocycles. The summed E-state index contributed by atoms with van der Waals surface area (Å²) in [4.78, 5) is 11.9. The first-order chi connectivity index (χ1) is 13.9. The summed E-state index contributed by atoms with van der Waals surface area (Å²) in [5.41, 5.74) is 0.980. The number of nitrogens with two attached hydrogens (primary N) is 1. The van der Waals surface area contributed by atoms with Gasteiger partial charge in [-0.05, 0) is 56.2 Å². The second-order valence-electron chi connectivity index (χ2n) is 7.24. The lowest BCUT2D eigenvalue weighted by Gasteiger charge is -2.06. The van der Waals surface area contributed by atoms with Gasteiger partial charge in [0.1, 0.15) is 5.75 Å². The molecule has 0 spiro atoms. The second kappa shape index (κ2) is 15.0. The van der Waals surface area contributed by atoms with Crippen LogP contribution in [0.1, 0.15) is 76.7 Å². The van der Waals surface area contributed by atoms with E-state index in [1.54, 1.807) is 24.3 Å². The third kappa shape index (κ3) is 14.7. The van der Waals surface area contributed by atoms with Crippen molar-refractivity contribution in [2.24, 2.45) is 5.14 Å². The van der Waals surface area contributed by atoms with Crippen molar-refractivity contribution in [2.75, 3.05) is 6.54 Å². The van der Waals surface area contributed by atoms with E-state index in [4.69, 9.17) is 5.14 Å². The van der Waals surface area contributed by atoms with Gasteiger partial charge in [-0.3, -0.25) is 4.79 Å². The van der Waals surface area contributed by atoms with Crippen LogP contribution in [-0.4, -0.2) is 20.9 Å². The van der Waals surface area contributed by atoms with Crippen molar-refractivity contribution >= 4 is 16.2 Å². The Morgan fingerprint density at radius 3 is 2.21 bits per heavy atom. The Kier molecular flexibility index (Phi) is 13.1. The average Bonchev–Trinajstić information content (AvgIpc) is 2.66. The van der Waals surface area contributed by atoms with E-state index in [0.717, 1.165) is 31.2 Å². The molecule has 0 radical (unpaired) electrons. The smallest absolute Gasteiger partial charge is 0.371 e. The molecule has 0 aliphatic heterocycles. The zero-order valence-corrected chi connectivity index (χ0v) is 18.4. The van der Waals surface area contributed by atoms with Crippen LogP contribution in [0.3, 0.4) is 0 Å². The molecule has 6 nitrogen and oxygen atoms in total. The molecule has 0 heterocycles. The van der Waals surface area contributed by atoms with Crippen molar-refractivity contribution in [1.82, 2.24) is 5.32 Å². The predicted octanol–water partition coefficient (Wildman–Crippen LogP) is 4.40. The lowest BCUT2D eigenvalue weighted by atomic mass is 10.1. The number of unbranched alkanes of at least 4 members (excludes halogenated alkanes) is 7. The van der Waals surface area contributed by atoms with E-state index in [2.05, 4.69) is 28.6 Å². The van der Waals surface area contributed by atoms with Gasteiger partial charge in [0.15, 0.2) is 0 Å². The van der Waals surface area contributed by atoms with Gasteiger partial charge < -0.3 is 9.50 Å². The number of hydrogen-bond acceptors (Lipinski definition) is 4. The molecule has 164 valence electrons. The normalized spacial score (nSPS) is 11.7. The van der Waals surface area contributed by atoms with Gasteiger partial charge in [-0.15, -0.1) is 0 Å². The first kappa shape index (κ1) is 25.2. The molecule has 0 bridgehead atoms. The highest BCUT2D eigenvalue weighted by Gasteiger charge is 2.05. The van der Waals surface area contributed by atoms with E-state index in [0.29, 0.717) is 19.4 Å². The summed E-state index contributed by atoms with van der Waals surface area (Å²) in [5, 5.41) is 7.74. The molecule has 1 rings (SSSR count). The van der Waals surface area contributed by atoms with Crippen LogP contribution in [-0.2, 0) is 21.5 Å². The van der Waals surface area contributed by atoms with Crippen LogP contribution < -0.4 is 14.6 Å². The van der Waals surface area contributed by atoms with Crippen LogP contribution in [0.2, 0.25) is 0 Å². The maximum atomic E-state index is 11.9. The number of carbonyl (C=O) groups excluding carboxylic acids is 1. The van der Waals surface area contributed by atoms with Crippen molar-refractivity contribution in [1.29, 1.82) is 0 Å². The molecule has 3 N–H and O–H groups in total. The largest absolute Gasteiger partial charge is 0.380 e. The molecule has 29 heavy (non-hydrogen) atoms. The molecule has 0 aliphatic rings. The third-order valence-electron chi connectivity index (χ3n) is 4.54. The van der Waals surface area contributed by atoms with Gasteiger partial charge in [0.2, 0.25) is 5.91 Å². The minimum Gasteiger partial charge on any atom is -0.371 e. The lowest BCUT2D eigenvalue weighted by Crippen LogP contribution is -2.25. The summed E-state index contributed by atoms with van der Waals surface area (Å²) in [7, 11) is -4.00. The Bertz CT molecular complexity index is 700. The van der Waals surface area contributed by atoms with Crippen LogP contribution >= 0.6 is 0 Å². The first-order valence-electron chi connectivity index (χ1n) is 10.6. The lowest BCUT2D eigenvalue weighted by molar-refractivity contribution is -0.121. The molecule has 0 fully saturated rings. The van der Waals surface area contributed by atoms with Gasteiger partial charge in [-0.1, -0.05) is 56.9 Å². The van der Waals surface area contributed by atoms with Crippen LogP contribution in [0.5, 0.6) is 5.75 Å². The topological polar surface area (TPSA) is 98.5 Å². The highest BCUT2D eigenvalue weighted by atomic mass is 32.2. The van der Waals surface area contributed by atoms with E-state index in [1.807, 2.05) is 0 Å². The highest BCUT2D eigenvalue weighted by molar-refractivity contribution is 7.84. The number of hydrogen-bond donors (Lipinski definition) is 2. The van der Waals surface area contributed by atoms with Crippen LogP contribution in [0.4, 0.5) is 0 Å². The molecular formula is C22H36N2O4S. The molecule has 1 amide bonds. The van der Waals surface area contributed by atoms with Crippen molar-refractivity contribution in [3.8, 4) is 5.75 Å². The van der Waals surface area contributed by atoms with Gasteiger partial charge in [-0.25, -0.2) is 0 Å². The Hall–Kier alpha value is -1.86. The number of rotatable bonds is 16. The number of nitrogens with one attached hydrogen (secondary N) is 1. The predicted molar refractivity (Wildman–Crippen MR) is 118 cm³/mol. The van der Waals surface area contributed by atoms with Crippen LogP contribution in [0, 0.1) is 0 Å². The van der Waals surface area contributed by atoms with Crippen LogP contribution in [0.15, 0.2) is 36.4 Å². The summed E-state index contributed by atoms with van der Waals surface area (Å²) in [6.45, 7) is 2.78. The van der Waals surface area contributed by atoms with E-state index in [1.165, 1.54) is 32.1 Å². The third-order valence-corrected chi connectivity index (χ3v) is 4.96. The van der Waals surface area contributed by atoms with Crippen molar-refractivity contribution < 1.29 is 17.4 Å². The minimum absolute atomic E-state index is 0.0747. The van der Waals surface area contributed by atoms with Gasteiger partial charge in [0.25, 0.3) is 0 Å². The fraction of sp³-hybridized carbons (Fsp3) is 0.591. The maximum Gasteiger partial charge on any atom is 0.380 e. The molecule has 0 saturated heterocycles. The van der Waals surface area contributed by atoms with Crippen molar-refractivity contribution in [2.45, 2.75) is 77.6 Å². The summed E-state index contributed by atoms with van der Waals surface area (Å²) < 4.78 is 26.3. The number of amides is 1. The van der Waals surface area contributed by atoms with E-state index < -0.39 is 10.3 Å². The SMILES string of the molecule is CCCCCC/C=C\CCCCCC(=O)NCCc1ccc(OS(N)(=O)=O)cc1. The van der Waals surface area contributed by atoms with Crippen molar-refractivity contribution in [3.05, 3.63) is 42.0 Å². The standard InChI is InChI=1S/C22H36N2O4S/c1-2-3-4-5-6-7-8-9-10-11-12-13-22(25)24-19-18-20-14-16-21(17-15-20)28-29(23,26)27/h7-8,14-17H,2-6,9-13,18-19H2,1H3,(H,24,25)(H2,23,26,27)/b8-7-. The number of allylic oxidation sites excluding steroid dienone is 2. The van der Waals surface area contributed by atoms with Gasteiger partial charge in [0, 0.05) is 13.0 Å². The average molecular weight is 425 g/mol. The summed E-state index contributed by atoms with van der Waals surface area (Å²) in [6, 6.07) is 6.59. The maximum absolute atomic E-state index is 11.9. The Morgan fingerprint density at radius 2 is 1.62 bits per heavy atom. The van der Waals surface area contributed by atoms with Gasteiger partial charge >= 0.3 is 10.3 Å². The number of benzene rings is 1. The molecular weight excluding hydrogens is 388 g/mol. The Morgan fingerprint density at radius 1 is 1.00 bits per heavy atom. The summed E-state index contributed by atoms with van der Waals surface area (Å²) >= 11 is 0. The monoisotopic (exact) mass is 424 g/mol. The second-order valence-corrected chi connectivity index (χ2v) is 8.39. The summed E-state index contributed by atoms with van der Waals surface area (Å²) in [5.74, 6) is 0.247. The summed E-state index contributed by atoms with van der Waals surface area (Å²) in [6.07, 6.45) is 16.4. The van der Waals surface area contributed by atoms with E-state index in [-0.39, 0.29) is 11.7 Å².